The Labute approximate surface area is 132 Å². The molecule has 1 atom stereocenters. The molecule has 2 heterocycles. The van der Waals surface area contributed by atoms with Crippen LogP contribution in [0.5, 0.6) is 0 Å². The number of urea groups is 1. The molecule has 0 saturated heterocycles. The molecular weight excluding hydrogens is 301 g/mol. The highest BCUT2D eigenvalue weighted by Gasteiger charge is 2.22. The summed E-state index contributed by atoms with van der Waals surface area (Å²) in [5.41, 5.74) is 0.419. The van der Waals surface area contributed by atoms with Gasteiger partial charge >= 0.3 is 6.03 Å². The van der Waals surface area contributed by atoms with Crippen molar-refractivity contribution < 1.29 is 13.9 Å². The van der Waals surface area contributed by atoms with Crippen LogP contribution in [-0.4, -0.2) is 33.9 Å². The van der Waals surface area contributed by atoms with Crippen LogP contribution in [0.4, 0.5) is 14.9 Å². The van der Waals surface area contributed by atoms with Crippen molar-refractivity contribution in [2.45, 2.75) is 32.0 Å². The van der Waals surface area contributed by atoms with Crippen LogP contribution in [0.1, 0.15) is 18.1 Å². The standard InChI is InChI=1S/C15H18FN5O2/c1-23-9-13-19-14-6-5-12(8-21(14)20-13)18-15(22)17-11-4-2-3-10(16)7-11/h2-4,7,12H,5-6,8-9H2,1H3,(H2,17,18,22). The van der Waals surface area contributed by atoms with E-state index < -0.39 is 5.82 Å². The first-order valence-electron chi connectivity index (χ1n) is 7.38. The zero-order valence-electron chi connectivity index (χ0n) is 12.8. The highest BCUT2D eigenvalue weighted by atomic mass is 19.1. The van der Waals surface area contributed by atoms with Crippen molar-refractivity contribution in [3.63, 3.8) is 0 Å². The van der Waals surface area contributed by atoms with Crippen LogP contribution in [-0.2, 0) is 24.3 Å². The van der Waals surface area contributed by atoms with Gasteiger partial charge in [-0.25, -0.2) is 18.9 Å². The highest BCUT2D eigenvalue weighted by molar-refractivity contribution is 5.89. The number of nitrogens with zero attached hydrogens (tertiary/aromatic N) is 3. The summed E-state index contributed by atoms with van der Waals surface area (Å²) in [6.45, 7) is 0.931. The van der Waals surface area contributed by atoms with Crippen molar-refractivity contribution in [3.05, 3.63) is 41.7 Å². The molecule has 2 aromatic rings. The van der Waals surface area contributed by atoms with E-state index in [4.69, 9.17) is 4.74 Å². The third kappa shape index (κ3) is 3.84. The number of hydrogen-bond donors (Lipinski definition) is 2. The predicted molar refractivity (Wildman–Crippen MR) is 81.4 cm³/mol. The van der Waals surface area contributed by atoms with E-state index in [1.807, 2.05) is 0 Å². The van der Waals surface area contributed by atoms with Crippen molar-refractivity contribution in [2.24, 2.45) is 0 Å². The van der Waals surface area contributed by atoms with Crippen molar-refractivity contribution in [2.75, 3.05) is 12.4 Å². The van der Waals surface area contributed by atoms with Crippen molar-refractivity contribution in [3.8, 4) is 0 Å². The lowest BCUT2D eigenvalue weighted by Crippen LogP contribution is -2.43. The van der Waals surface area contributed by atoms with Gasteiger partial charge in [0.25, 0.3) is 0 Å². The maximum Gasteiger partial charge on any atom is 0.319 e. The largest absolute Gasteiger partial charge is 0.377 e. The topological polar surface area (TPSA) is 81.1 Å². The number of hydrogen-bond acceptors (Lipinski definition) is 4. The van der Waals surface area contributed by atoms with Gasteiger partial charge in [-0.1, -0.05) is 6.07 Å². The molecule has 0 radical (unpaired) electrons. The van der Waals surface area contributed by atoms with Crippen LogP contribution < -0.4 is 10.6 Å². The van der Waals surface area contributed by atoms with Crippen LogP contribution in [0.3, 0.4) is 0 Å². The van der Waals surface area contributed by atoms with Gasteiger partial charge in [0.05, 0.1) is 12.6 Å². The number of halogens is 1. The third-order valence-electron chi connectivity index (χ3n) is 3.59. The van der Waals surface area contributed by atoms with Crippen molar-refractivity contribution >= 4 is 11.7 Å². The number of benzene rings is 1. The van der Waals surface area contributed by atoms with Crippen LogP contribution in [0.25, 0.3) is 0 Å². The van der Waals surface area contributed by atoms with E-state index in [0.29, 0.717) is 24.7 Å². The zero-order chi connectivity index (χ0) is 16.2. The molecule has 0 saturated carbocycles. The van der Waals surface area contributed by atoms with E-state index in [1.54, 1.807) is 23.9 Å². The minimum absolute atomic E-state index is 0.0480. The average molecular weight is 319 g/mol. The summed E-state index contributed by atoms with van der Waals surface area (Å²) in [7, 11) is 1.60. The minimum Gasteiger partial charge on any atom is -0.377 e. The smallest absolute Gasteiger partial charge is 0.319 e. The summed E-state index contributed by atoms with van der Waals surface area (Å²) >= 11 is 0. The first-order chi connectivity index (χ1) is 11.1. The molecule has 7 nitrogen and oxygen atoms in total. The molecule has 0 bridgehead atoms. The quantitative estimate of drug-likeness (QED) is 0.899. The molecule has 23 heavy (non-hydrogen) atoms. The summed E-state index contributed by atoms with van der Waals surface area (Å²) in [5.74, 6) is 1.16. The van der Waals surface area contributed by atoms with Crippen LogP contribution in [0.2, 0.25) is 0 Å². The van der Waals surface area contributed by atoms with Gasteiger partial charge in [0.2, 0.25) is 0 Å². The molecule has 0 spiro atoms. The first-order valence-corrected chi connectivity index (χ1v) is 7.38. The van der Waals surface area contributed by atoms with E-state index >= 15 is 0 Å². The van der Waals surface area contributed by atoms with Crippen LogP contribution in [0, 0.1) is 5.82 Å². The Morgan fingerprint density at radius 1 is 1.52 bits per heavy atom. The van der Waals surface area contributed by atoms with Gasteiger partial charge < -0.3 is 15.4 Å². The average Bonchev–Trinajstić information content (AvgIpc) is 2.89. The second-order valence-electron chi connectivity index (χ2n) is 5.40. The fraction of sp³-hybridized carbons (Fsp3) is 0.400. The summed E-state index contributed by atoms with van der Waals surface area (Å²) in [6.07, 6.45) is 1.52. The zero-order valence-corrected chi connectivity index (χ0v) is 12.8. The minimum atomic E-state index is -0.390. The monoisotopic (exact) mass is 319 g/mol. The second kappa shape index (κ2) is 6.74. The highest BCUT2D eigenvalue weighted by Crippen LogP contribution is 2.14. The van der Waals surface area contributed by atoms with Crippen molar-refractivity contribution in [1.82, 2.24) is 20.1 Å². The first kappa shape index (κ1) is 15.4. The maximum atomic E-state index is 13.1. The third-order valence-corrected chi connectivity index (χ3v) is 3.59. The number of carbonyl (C=O) groups excluding carboxylic acids is 1. The summed E-state index contributed by atoms with van der Waals surface area (Å²) in [5, 5.41) is 9.85. The Bertz CT molecular complexity index is 703. The molecular formula is C15H18FN5O2. The van der Waals surface area contributed by atoms with Gasteiger partial charge in [-0.2, -0.15) is 5.10 Å². The number of nitrogens with one attached hydrogen (secondary N) is 2. The summed E-state index contributed by atoms with van der Waals surface area (Å²) in [4.78, 5) is 16.4. The molecule has 1 unspecified atom stereocenters. The normalized spacial score (nSPS) is 16.7. The number of aromatic nitrogens is 3. The summed E-state index contributed by atoms with van der Waals surface area (Å²) in [6, 6.07) is 5.37. The van der Waals surface area contributed by atoms with E-state index in [-0.39, 0.29) is 12.1 Å². The number of ether oxygens (including phenoxy) is 1. The van der Waals surface area contributed by atoms with Gasteiger partial charge in [0, 0.05) is 19.2 Å². The molecule has 1 aromatic carbocycles. The number of rotatable bonds is 4. The number of anilines is 1. The lowest BCUT2D eigenvalue weighted by atomic mass is 10.1. The van der Waals surface area contributed by atoms with Gasteiger partial charge in [0.1, 0.15) is 18.2 Å². The molecule has 8 heteroatoms. The number of aryl methyl sites for hydroxylation is 1. The molecule has 1 aliphatic heterocycles. The fourth-order valence-corrected chi connectivity index (χ4v) is 2.59. The number of methoxy groups -OCH3 is 1. The van der Waals surface area contributed by atoms with Gasteiger partial charge in [0.15, 0.2) is 5.82 Å². The lowest BCUT2D eigenvalue weighted by molar-refractivity contribution is 0.177. The van der Waals surface area contributed by atoms with E-state index in [0.717, 1.165) is 18.7 Å². The maximum absolute atomic E-state index is 13.1. The van der Waals surface area contributed by atoms with Crippen LogP contribution in [0.15, 0.2) is 24.3 Å². The molecule has 0 aliphatic carbocycles. The van der Waals surface area contributed by atoms with Crippen LogP contribution >= 0.6 is 0 Å². The molecule has 1 aliphatic rings. The predicted octanol–water partition coefficient (Wildman–Crippen LogP) is 1.70. The lowest BCUT2D eigenvalue weighted by Gasteiger charge is -2.23. The van der Waals surface area contributed by atoms with Gasteiger partial charge in [-0.3, -0.25) is 0 Å². The molecule has 2 amide bonds. The van der Waals surface area contributed by atoms with Crippen molar-refractivity contribution in [1.29, 1.82) is 0 Å². The Morgan fingerprint density at radius 2 is 2.39 bits per heavy atom. The van der Waals surface area contributed by atoms with Gasteiger partial charge in [-0.05, 0) is 24.6 Å². The molecule has 122 valence electrons. The molecule has 3 rings (SSSR count). The van der Waals surface area contributed by atoms with E-state index in [2.05, 4.69) is 20.7 Å². The second-order valence-corrected chi connectivity index (χ2v) is 5.40. The van der Waals surface area contributed by atoms with E-state index in [9.17, 15) is 9.18 Å². The molecule has 0 fully saturated rings. The number of fused-ring (bicyclic) bond motifs is 1. The fourth-order valence-electron chi connectivity index (χ4n) is 2.59. The molecule has 2 N–H and O–H groups in total. The summed E-state index contributed by atoms with van der Waals surface area (Å²) < 4.78 is 19.9. The Hall–Kier alpha value is -2.48. The van der Waals surface area contributed by atoms with E-state index in [1.165, 1.54) is 12.1 Å². The SMILES string of the molecule is COCc1nc2n(n1)CC(NC(=O)Nc1cccc(F)c1)CC2. The molecule has 1 aromatic heterocycles. The Balaban J connectivity index is 1.57. The number of amides is 2. The Morgan fingerprint density at radius 3 is 3.17 bits per heavy atom. The number of carbonyl (C=O) groups is 1. The Kier molecular flexibility index (Phi) is 4.52. The van der Waals surface area contributed by atoms with Gasteiger partial charge in [-0.15, -0.1) is 0 Å².